The fourth-order valence-electron chi connectivity index (χ4n) is 3.69. The first-order valence-corrected chi connectivity index (χ1v) is 10.2. The number of halogens is 3. The van der Waals surface area contributed by atoms with Gasteiger partial charge in [0.1, 0.15) is 11.4 Å². The number of piperidine rings is 1. The van der Waals surface area contributed by atoms with Crippen molar-refractivity contribution in [1.82, 2.24) is 24.9 Å². The second kappa shape index (κ2) is 9.00. The third-order valence-corrected chi connectivity index (χ3v) is 5.45. The lowest BCUT2D eigenvalue weighted by atomic mass is 9.99. The summed E-state index contributed by atoms with van der Waals surface area (Å²) in [6, 6.07) is 6.85. The molecule has 0 saturated carbocycles. The van der Waals surface area contributed by atoms with Gasteiger partial charge in [0.05, 0.1) is 36.7 Å². The number of methoxy groups -OCH3 is 1. The first-order chi connectivity index (χ1) is 15.8. The van der Waals surface area contributed by atoms with Crippen molar-refractivity contribution in [1.29, 1.82) is 0 Å². The molecule has 1 aliphatic rings. The maximum atomic E-state index is 13.5. The number of aromatic nitrogens is 4. The quantitative estimate of drug-likeness (QED) is 0.588. The van der Waals surface area contributed by atoms with Crippen LogP contribution < -0.4 is 4.74 Å². The molecule has 0 spiro atoms. The van der Waals surface area contributed by atoms with Crippen LogP contribution in [0.25, 0.3) is 5.69 Å². The van der Waals surface area contributed by atoms with E-state index in [9.17, 15) is 18.0 Å². The summed E-state index contributed by atoms with van der Waals surface area (Å²) in [6.45, 7) is 2.35. The van der Waals surface area contributed by atoms with Gasteiger partial charge < -0.3 is 9.64 Å². The van der Waals surface area contributed by atoms with Crippen LogP contribution >= 0.6 is 0 Å². The SMILES string of the molecule is COc1ccc(C(=O)N2CCCC(=Nc3ccc(C(F)(F)F)cn3)[C@@H]2C)c(-n2nccn2)c1. The summed E-state index contributed by atoms with van der Waals surface area (Å²) in [7, 11) is 1.53. The zero-order valence-electron chi connectivity index (χ0n) is 18.0. The van der Waals surface area contributed by atoms with Crippen LogP contribution in [0.1, 0.15) is 35.7 Å². The molecular formula is C22H21F3N6O2. The lowest BCUT2D eigenvalue weighted by Crippen LogP contribution is -2.47. The van der Waals surface area contributed by atoms with E-state index >= 15 is 0 Å². The molecule has 33 heavy (non-hydrogen) atoms. The number of ether oxygens (including phenoxy) is 1. The van der Waals surface area contributed by atoms with Gasteiger partial charge in [-0.2, -0.15) is 28.2 Å². The number of rotatable bonds is 4. The van der Waals surface area contributed by atoms with Gasteiger partial charge in [-0.05, 0) is 44.0 Å². The Balaban J connectivity index is 1.62. The molecule has 0 bridgehead atoms. The largest absolute Gasteiger partial charge is 0.497 e. The first-order valence-electron chi connectivity index (χ1n) is 10.2. The van der Waals surface area contributed by atoms with Gasteiger partial charge in [0.25, 0.3) is 5.91 Å². The smallest absolute Gasteiger partial charge is 0.417 e. The highest BCUT2D eigenvalue weighted by atomic mass is 19.4. The van der Waals surface area contributed by atoms with Gasteiger partial charge in [-0.1, -0.05) is 0 Å². The summed E-state index contributed by atoms with van der Waals surface area (Å²) in [5.74, 6) is 0.497. The van der Waals surface area contributed by atoms with E-state index in [1.54, 1.807) is 23.1 Å². The van der Waals surface area contributed by atoms with Crippen LogP contribution in [-0.4, -0.2) is 56.2 Å². The predicted octanol–water partition coefficient (Wildman–Crippen LogP) is 4.09. The number of nitrogens with zero attached hydrogens (tertiary/aromatic N) is 6. The topological polar surface area (TPSA) is 85.5 Å². The van der Waals surface area contributed by atoms with Crippen molar-refractivity contribution in [3.63, 3.8) is 0 Å². The van der Waals surface area contributed by atoms with Crippen molar-refractivity contribution >= 4 is 17.4 Å². The number of benzene rings is 1. The zero-order chi connectivity index (χ0) is 23.6. The lowest BCUT2D eigenvalue weighted by Gasteiger charge is -2.35. The van der Waals surface area contributed by atoms with Crippen molar-refractivity contribution in [3.8, 4) is 11.4 Å². The molecule has 172 valence electrons. The van der Waals surface area contributed by atoms with E-state index in [1.165, 1.54) is 30.4 Å². The molecule has 1 aromatic carbocycles. The van der Waals surface area contributed by atoms with E-state index in [0.29, 0.717) is 42.1 Å². The summed E-state index contributed by atoms with van der Waals surface area (Å²) in [5.41, 5.74) is 0.714. The highest BCUT2D eigenvalue weighted by molar-refractivity contribution is 6.02. The number of carbonyl (C=O) groups is 1. The van der Waals surface area contributed by atoms with Crippen molar-refractivity contribution in [2.24, 2.45) is 4.99 Å². The van der Waals surface area contributed by atoms with Crippen LogP contribution in [0.15, 0.2) is 53.9 Å². The molecule has 1 fully saturated rings. The van der Waals surface area contributed by atoms with Gasteiger partial charge in [-0.3, -0.25) is 4.79 Å². The minimum absolute atomic E-state index is 0.171. The number of amides is 1. The minimum Gasteiger partial charge on any atom is -0.497 e. The van der Waals surface area contributed by atoms with Crippen LogP contribution in [0.3, 0.4) is 0 Å². The van der Waals surface area contributed by atoms with Crippen molar-refractivity contribution in [3.05, 3.63) is 60.0 Å². The second-order valence-electron chi connectivity index (χ2n) is 7.49. The maximum absolute atomic E-state index is 13.5. The predicted molar refractivity (Wildman–Crippen MR) is 114 cm³/mol. The number of aliphatic imine (C=N–C) groups is 1. The molecule has 2 aromatic heterocycles. The van der Waals surface area contributed by atoms with E-state index in [-0.39, 0.29) is 17.8 Å². The Morgan fingerprint density at radius 2 is 1.94 bits per heavy atom. The van der Waals surface area contributed by atoms with Gasteiger partial charge in [0.15, 0.2) is 5.82 Å². The van der Waals surface area contributed by atoms with Crippen molar-refractivity contribution < 1.29 is 22.7 Å². The summed E-state index contributed by atoms with van der Waals surface area (Å²) in [5, 5.41) is 8.26. The molecule has 4 rings (SSSR count). The normalized spacial score (nSPS) is 17.9. The van der Waals surface area contributed by atoms with Gasteiger partial charge in [0, 0.05) is 24.5 Å². The van der Waals surface area contributed by atoms with Crippen LogP contribution in [-0.2, 0) is 6.18 Å². The van der Waals surface area contributed by atoms with Crippen LogP contribution in [0.2, 0.25) is 0 Å². The average molecular weight is 458 g/mol. The standard InChI is InChI=1S/C22H21F3N6O2/c1-14-18(29-20-8-5-15(13-26-20)22(23,24)25)4-3-11-30(14)21(32)17-7-6-16(33-2)12-19(17)31-27-9-10-28-31/h5-10,12-14H,3-4,11H2,1-2H3/t14-/m0/s1. The Hall–Kier alpha value is -3.76. The molecule has 8 nitrogen and oxygen atoms in total. The Morgan fingerprint density at radius 1 is 1.18 bits per heavy atom. The van der Waals surface area contributed by atoms with Gasteiger partial charge in [0.2, 0.25) is 0 Å². The number of alkyl halides is 3. The first kappa shape index (κ1) is 22.4. The molecule has 11 heteroatoms. The molecule has 1 aliphatic heterocycles. The Morgan fingerprint density at radius 3 is 2.58 bits per heavy atom. The van der Waals surface area contributed by atoms with Crippen molar-refractivity contribution in [2.45, 2.75) is 32.0 Å². The van der Waals surface area contributed by atoms with E-state index < -0.39 is 11.7 Å². The zero-order valence-corrected chi connectivity index (χ0v) is 18.0. The molecule has 3 heterocycles. The van der Waals surface area contributed by atoms with Crippen LogP contribution in [0.4, 0.5) is 19.0 Å². The van der Waals surface area contributed by atoms with Gasteiger partial charge >= 0.3 is 6.18 Å². The summed E-state index contributed by atoms with van der Waals surface area (Å²) in [4.78, 5) is 24.8. The molecule has 0 unspecified atom stereocenters. The van der Waals surface area contributed by atoms with Crippen LogP contribution in [0, 0.1) is 0 Å². The molecule has 0 N–H and O–H groups in total. The number of hydrogen-bond donors (Lipinski definition) is 0. The number of pyridine rings is 1. The van der Waals surface area contributed by atoms with E-state index in [2.05, 4.69) is 20.2 Å². The maximum Gasteiger partial charge on any atom is 0.417 e. The molecule has 0 aliphatic carbocycles. The molecule has 0 radical (unpaired) electrons. The molecule has 1 atom stereocenters. The highest BCUT2D eigenvalue weighted by Gasteiger charge is 2.32. The van der Waals surface area contributed by atoms with E-state index in [1.807, 2.05) is 6.92 Å². The van der Waals surface area contributed by atoms with E-state index in [0.717, 1.165) is 12.3 Å². The molecule has 1 saturated heterocycles. The van der Waals surface area contributed by atoms with E-state index in [4.69, 9.17) is 4.74 Å². The fourth-order valence-corrected chi connectivity index (χ4v) is 3.69. The number of carbonyl (C=O) groups excluding carboxylic acids is 1. The Labute approximate surface area is 187 Å². The van der Waals surface area contributed by atoms with Gasteiger partial charge in [-0.25, -0.2) is 9.98 Å². The Kier molecular flexibility index (Phi) is 6.12. The molecule has 1 amide bonds. The lowest BCUT2D eigenvalue weighted by molar-refractivity contribution is -0.137. The molecular weight excluding hydrogens is 437 g/mol. The summed E-state index contributed by atoms with van der Waals surface area (Å²) >= 11 is 0. The molecule has 3 aromatic rings. The third-order valence-electron chi connectivity index (χ3n) is 5.45. The van der Waals surface area contributed by atoms with Crippen LogP contribution in [0.5, 0.6) is 5.75 Å². The summed E-state index contributed by atoms with van der Waals surface area (Å²) < 4.78 is 43.6. The fraction of sp³-hybridized carbons (Fsp3) is 0.318. The number of likely N-dealkylation sites (tertiary alicyclic amines) is 1. The second-order valence-corrected chi connectivity index (χ2v) is 7.49. The third kappa shape index (κ3) is 4.71. The van der Waals surface area contributed by atoms with Crippen molar-refractivity contribution in [2.75, 3.05) is 13.7 Å². The summed E-state index contributed by atoms with van der Waals surface area (Å²) in [6.07, 6.45) is 0.610. The Bertz CT molecular complexity index is 1160. The number of hydrogen-bond acceptors (Lipinski definition) is 6. The average Bonchev–Trinajstić information content (AvgIpc) is 3.34. The minimum atomic E-state index is -4.46. The monoisotopic (exact) mass is 458 g/mol. The van der Waals surface area contributed by atoms with Gasteiger partial charge in [-0.15, -0.1) is 0 Å². The highest BCUT2D eigenvalue weighted by Crippen LogP contribution is 2.30.